The van der Waals surface area contributed by atoms with Gasteiger partial charge in [0.05, 0.1) is 23.0 Å². The summed E-state index contributed by atoms with van der Waals surface area (Å²) in [6, 6.07) is 5.63. The van der Waals surface area contributed by atoms with E-state index in [9.17, 15) is 13.2 Å². The summed E-state index contributed by atoms with van der Waals surface area (Å²) >= 11 is 0. The molecule has 1 aliphatic rings. The summed E-state index contributed by atoms with van der Waals surface area (Å²) < 4.78 is 32.0. The number of carboxylic acids is 1. The molecular weight excluding hydrogens is 294 g/mol. The van der Waals surface area contributed by atoms with Crippen LogP contribution in [0.1, 0.15) is 23.2 Å². The highest BCUT2D eigenvalue weighted by atomic mass is 32.2. The summed E-state index contributed by atoms with van der Waals surface area (Å²) in [7, 11) is -3.71. The van der Waals surface area contributed by atoms with E-state index < -0.39 is 16.0 Å². The van der Waals surface area contributed by atoms with Gasteiger partial charge in [0.2, 0.25) is 10.0 Å². The van der Waals surface area contributed by atoms with Crippen molar-refractivity contribution in [3.63, 3.8) is 0 Å². The van der Waals surface area contributed by atoms with Crippen LogP contribution in [0.15, 0.2) is 46.1 Å². The van der Waals surface area contributed by atoms with Gasteiger partial charge in [-0.2, -0.15) is 0 Å². The molecule has 0 unspecified atom stereocenters. The highest BCUT2D eigenvalue weighted by molar-refractivity contribution is 7.89. The average Bonchev–Trinajstić information content (AvgIpc) is 3.07. The van der Waals surface area contributed by atoms with Gasteiger partial charge in [0, 0.05) is 11.6 Å². The molecule has 1 saturated carbocycles. The van der Waals surface area contributed by atoms with Crippen LogP contribution in [0.25, 0.3) is 11.1 Å². The van der Waals surface area contributed by atoms with Crippen LogP contribution >= 0.6 is 0 Å². The van der Waals surface area contributed by atoms with Crippen molar-refractivity contribution >= 4 is 16.0 Å². The van der Waals surface area contributed by atoms with Gasteiger partial charge in [0.25, 0.3) is 0 Å². The number of sulfonamides is 1. The minimum Gasteiger partial charge on any atom is -0.478 e. The van der Waals surface area contributed by atoms with Crippen molar-refractivity contribution in [2.75, 3.05) is 0 Å². The maximum absolute atomic E-state index is 12.3. The Hall–Kier alpha value is -2.12. The largest absolute Gasteiger partial charge is 0.478 e. The predicted octanol–water partition coefficient (Wildman–Crippen LogP) is 2.09. The zero-order valence-electron chi connectivity index (χ0n) is 10.9. The highest BCUT2D eigenvalue weighted by Crippen LogP contribution is 2.27. The molecule has 0 saturated heterocycles. The lowest BCUT2D eigenvalue weighted by Crippen LogP contribution is -2.26. The molecule has 1 fully saturated rings. The predicted molar refractivity (Wildman–Crippen MR) is 74.4 cm³/mol. The molecule has 1 aromatic carbocycles. The highest BCUT2D eigenvalue weighted by Gasteiger charge is 2.28. The van der Waals surface area contributed by atoms with E-state index in [1.165, 1.54) is 24.7 Å². The third-order valence-corrected chi connectivity index (χ3v) is 4.72. The summed E-state index contributed by atoms with van der Waals surface area (Å²) in [5.41, 5.74) is 1.03. The number of carboxylic acid groups (broad SMARTS) is 1. The van der Waals surface area contributed by atoms with Crippen molar-refractivity contribution in [3.8, 4) is 11.1 Å². The second-order valence-electron chi connectivity index (χ2n) is 4.96. The smallest absolute Gasteiger partial charge is 0.335 e. The molecule has 0 radical (unpaired) electrons. The van der Waals surface area contributed by atoms with Crippen molar-refractivity contribution in [1.29, 1.82) is 0 Å². The molecule has 2 aromatic rings. The first-order valence-electron chi connectivity index (χ1n) is 6.39. The molecule has 3 rings (SSSR count). The third kappa shape index (κ3) is 2.98. The quantitative estimate of drug-likeness (QED) is 0.881. The van der Waals surface area contributed by atoms with Crippen LogP contribution < -0.4 is 4.72 Å². The third-order valence-electron chi connectivity index (χ3n) is 3.22. The molecule has 0 spiro atoms. The van der Waals surface area contributed by atoms with Crippen LogP contribution in [0.2, 0.25) is 0 Å². The molecular formula is C14H13NO5S. The summed E-state index contributed by atoms with van der Waals surface area (Å²) in [5.74, 6) is -1.18. The number of benzene rings is 1. The lowest BCUT2D eigenvalue weighted by molar-refractivity contribution is 0.0696. The van der Waals surface area contributed by atoms with E-state index in [0.29, 0.717) is 11.1 Å². The number of rotatable bonds is 5. The van der Waals surface area contributed by atoms with Crippen LogP contribution in [-0.4, -0.2) is 25.5 Å². The Balaban J connectivity index is 2.09. The van der Waals surface area contributed by atoms with E-state index in [4.69, 9.17) is 9.52 Å². The van der Waals surface area contributed by atoms with Gasteiger partial charge in [-0.1, -0.05) is 0 Å². The van der Waals surface area contributed by atoms with Gasteiger partial charge >= 0.3 is 5.97 Å². The Kier molecular flexibility index (Phi) is 3.30. The van der Waals surface area contributed by atoms with E-state index in [1.54, 1.807) is 6.07 Å². The van der Waals surface area contributed by atoms with Gasteiger partial charge in [-0.15, -0.1) is 0 Å². The van der Waals surface area contributed by atoms with Gasteiger partial charge in [-0.3, -0.25) is 0 Å². The Labute approximate surface area is 121 Å². The standard InChI is InChI=1S/C14H13NO5S/c16-14(17)11-5-10(9-3-4-20-8-9)6-13(7-11)21(18,19)15-12-1-2-12/h3-8,12,15H,1-2H2,(H,16,17). The molecule has 1 heterocycles. The zero-order chi connectivity index (χ0) is 15.0. The van der Waals surface area contributed by atoms with Crippen molar-refractivity contribution in [1.82, 2.24) is 4.72 Å². The van der Waals surface area contributed by atoms with Crippen LogP contribution in [0.4, 0.5) is 0 Å². The minimum atomic E-state index is -3.71. The van der Waals surface area contributed by atoms with Gasteiger partial charge < -0.3 is 9.52 Å². The van der Waals surface area contributed by atoms with Gasteiger partial charge in [-0.25, -0.2) is 17.9 Å². The number of furan rings is 1. The van der Waals surface area contributed by atoms with Gasteiger partial charge in [0.1, 0.15) is 0 Å². The number of nitrogens with one attached hydrogen (secondary N) is 1. The fraction of sp³-hybridized carbons (Fsp3) is 0.214. The maximum atomic E-state index is 12.3. The SMILES string of the molecule is O=C(O)c1cc(-c2ccoc2)cc(S(=O)(=O)NC2CC2)c1. The van der Waals surface area contributed by atoms with E-state index in [0.717, 1.165) is 18.9 Å². The first-order valence-corrected chi connectivity index (χ1v) is 7.87. The molecule has 0 atom stereocenters. The molecule has 0 bridgehead atoms. The van der Waals surface area contributed by atoms with Crippen molar-refractivity contribution in [2.24, 2.45) is 0 Å². The molecule has 1 aliphatic carbocycles. The van der Waals surface area contributed by atoms with E-state index in [2.05, 4.69) is 4.72 Å². The first kappa shape index (κ1) is 13.8. The topological polar surface area (TPSA) is 96.6 Å². The molecule has 0 aliphatic heterocycles. The number of carbonyl (C=O) groups is 1. The monoisotopic (exact) mass is 307 g/mol. The summed E-state index contributed by atoms with van der Waals surface area (Å²) in [6.45, 7) is 0. The van der Waals surface area contributed by atoms with Crippen LogP contribution in [0.3, 0.4) is 0 Å². The molecule has 21 heavy (non-hydrogen) atoms. The van der Waals surface area contributed by atoms with E-state index in [-0.39, 0.29) is 16.5 Å². The summed E-state index contributed by atoms with van der Waals surface area (Å²) in [4.78, 5) is 11.1. The number of aromatic carboxylic acids is 1. The number of hydrogen-bond acceptors (Lipinski definition) is 4. The zero-order valence-corrected chi connectivity index (χ0v) is 11.8. The minimum absolute atomic E-state index is 0.0409. The second-order valence-corrected chi connectivity index (χ2v) is 6.67. The van der Waals surface area contributed by atoms with E-state index in [1.807, 2.05) is 0 Å². The maximum Gasteiger partial charge on any atom is 0.335 e. The fourth-order valence-electron chi connectivity index (χ4n) is 1.96. The molecule has 2 N–H and O–H groups in total. The van der Waals surface area contributed by atoms with Crippen molar-refractivity contribution in [3.05, 3.63) is 42.4 Å². The van der Waals surface area contributed by atoms with Crippen LogP contribution in [-0.2, 0) is 10.0 Å². The first-order chi connectivity index (χ1) is 9.95. The van der Waals surface area contributed by atoms with Crippen molar-refractivity contribution in [2.45, 2.75) is 23.8 Å². The van der Waals surface area contributed by atoms with Gasteiger partial charge in [0.15, 0.2) is 0 Å². The summed E-state index contributed by atoms with van der Waals surface area (Å²) in [6.07, 6.45) is 4.50. The lowest BCUT2D eigenvalue weighted by atomic mass is 10.1. The molecule has 6 nitrogen and oxygen atoms in total. The van der Waals surface area contributed by atoms with Gasteiger partial charge in [-0.05, 0) is 42.7 Å². The molecule has 0 amide bonds. The average molecular weight is 307 g/mol. The Bertz CT molecular complexity index is 776. The van der Waals surface area contributed by atoms with Crippen LogP contribution in [0.5, 0.6) is 0 Å². The van der Waals surface area contributed by atoms with Crippen molar-refractivity contribution < 1.29 is 22.7 Å². The molecule has 1 aromatic heterocycles. The Morgan fingerprint density at radius 3 is 2.57 bits per heavy atom. The normalized spacial score (nSPS) is 15.0. The Morgan fingerprint density at radius 1 is 1.24 bits per heavy atom. The molecule has 110 valence electrons. The number of hydrogen-bond donors (Lipinski definition) is 2. The lowest BCUT2D eigenvalue weighted by Gasteiger charge is -2.08. The fourth-order valence-corrected chi connectivity index (χ4v) is 3.34. The summed E-state index contributed by atoms with van der Waals surface area (Å²) in [5, 5.41) is 9.15. The Morgan fingerprint density at radius 2 is 2.00 bits per heavy atom. The van der Waals surface area contributed by atoms with Crippen LogP contribution in [0, 0.1) is 0 Å². The van der Waals surface area contributed by atoms with E-state index >= 15 is 0 Å². The molecule has 7 heteroatoms. The second kappa shape index (κ2) is 5.01.